The molecule has 1 heterocycles. The van der Waals surface area contributed by atoms with Gasteiger partial charge < -0.3 is 0 Å². The summed E-state index contributed by atoms with van der Waals surface area (Å²) in [7, 11) is -3.52. The second-order valence-electron chi connectivity index (χ2n) is 4.08. The van der Waals surface area contributed by atoms with Gasteiger partial charge in [0.1, 0.15) is 12.2 Å². The molecule has 0 amide bonds. The number of nitrogens with zero attached hydrogens (tertiary/aromatic N) is 2. The van der Waals surface area contributed by atoms with Gasteiger partial charge in [-0.3, -0.25) is 5.10 Å². The molecule has 0 bridgehead atoms. The summed E-state index contributed by atoms with van der Waals surface area (Å²) in [6.07, 6.45) is 1.33. The van der Waals surface area contributed by atoms with Crippen LogP contribution in [0.25, 0.3) is 0 Å². The van der Waals surface area contributed by atoms with E-state index in [2.05, 4.69) is 19.9 Å². The molecule has 6 nitrogen and oxygen atoms in total. The average molecular weight is 266 g/mol. The highest BCUT2D eigenvalue weighted by Crippen LogP contribution is 2.14. The first-order valence-corrected chi connectivity index (χ1v) is 6.88. The van der Waals surface area contributed by atoms with Gasteiger partial charge in [-0.25, -0.2) is 18.1 Å². The fraction of sp³-hybridized carbons (Fsp3) is 0.273. The number of aryl methyl sites for hydroxylation is 2. The van der Waals surface area contributed by atoms with Crippen molar-refractivity contribution in [1.29, 1.82) is 0 Å². The third-order valence-electron chi connectivity index (χ3n) is 2.40. The highest BCUT2D eigenvalue weighted by atomic mass is 32.2. The Kier molecular flexibility index (Phi) is 3.44. The average Bonchev–Trinajstić information content (AvgIpc) is 2.78. The Morgan fingerprint density at radius 3 is 2.44 bits per heavy atom. The molecular formula is C11H14N4O2S. The Morgan fingerprint density at radius 1 is 1.22 bits per heavy atom. The zero-order valence-corrected chi connectivity index (χ0v) is 11.0. The van der Waals surface area contributed by atoms with E-state index in [0.717, 1.165) is 11.1 Å². The molecule has 96 valence electrons. The third-order valence-corrected chi connectivity index (χ3v) is 3.78. The number of benzene rings is 1. The van der Waals surface area contributed by atoms with E-state index >= 15 is 0 Å². The zero-order chi connectivity index (χ0) is 13.2. The van der Waals surface area contributed by atoms with Gasteiger partial charge in [0.05, 0.1) is 11.4 Å². The molecule has 2 rings (SSSR count). The Labute approximate surface area is 106 Å². The van der Waals surface area contributed by atoms with Gasteiger partial charge in [-0.15, -0.1) is 0 Å². The number of aromatic nitrogens is 3. The van der Waals surface area contributed by atoms with Gasteiger partial charge in [0.25, 0.3) is 0 Å². The van der Waals surface area contributed by atoms with Gasteiger partial charge in [0.2, 0.25) is 10.0 Å². The first-order valence-electron chi connectivity index (χ1n) is 5.39. The monoisotopic (exact) mass is 266 g/mol. The van der Waals surface area contributed by atoms with Crippen molar-refractivity contribution in [2.75, 3.05) is 0 Å². The van der Waals surface area contributed by atoms with E-state index in [1.165, 1.54) is 6.33 Å². The predicted molar refractivity (Wildman–Crippen MR) is 66.3 cm³/mol. The predicted octanol–water partition coefficient (Wildman–Crippen LogP) is 0.900. The van der Waals surface area contributed by atoms with Crippen LogP contribution in [0.2, 0.25) is 0 Å². The Hall–Kier alpha value is -1.73. The Balaban J connectivity index is 2.20. The topological polar surface area (TPSA) is 87.7 Å². The van der Waals surface area contributed by atoms with E-state index in [1.807, 2.05) is 19.9 Å². The molecule has 7 heteroatoms. The lowest BCUT2D eigenvalue weighted by Gasteiger charge is -2.07. The van der Waals surface area contributed by atoms with Crippen molar-refractivity contribution in [2.24, 2.45) is 0 Å². The van der Waals surface area contributed by atoms with E-state index in [4.69, 9.17) is 0 Å². The van der Waals surface area contributed by atoms with Crippen LogP contribution in [0.1, 0.15) is 17.0 Å². The first-order chi connectivity index (χ1) is 8.47. The maximum Gasteiger partial charge on any atom is 0.240 e. The molecule has 1 aromatic carbocycles. The highest BCUT2D eigenvalue weighted by Gasteiger charge is 2.14. The van der Waals surface area contributed by atoms with E-state index < -0.39 is 10.0 Å². The summed E-state index contributed by atoms with van der Waals surface area (Å²) in [6.45, 7) is 3.82. The normalized spacial score (nSPS) is 11.7. The number of rotatable bonds is 4. The van der Waals surface area contributed by atoms with E-state index in [-0.39, 0.29) is 11.4 Å². The Morgan fingerprint density at radius 2 is 1.89 bits per heavy atom. The van der Waals surface area contributed by atoms with Gasteiger partial charge in [0.15, 0.2) is 0 Å². The lowest BCUT2D eigenvalue weighted by Crippen LogP contribution is -2.24. The zero-order valence-electron chi connectivity index (χ0n) is 10.1. The summed E-state index contributed by atoms with van der Waals surface area (Å²) >= 11 is 0. The molecule has 0 saturated heterocycles. The second-order valence-corrected chi connectivity index (χ2v) is 5.85. The van der Waals surface area contributed by atoms with Gasteiger partial charge >= 0.3 is 0 Å². The lowest BCUT2D eigenvalue weighted by atomic mass is 10.2. The minimum absolute atomic E-state index is 0.0926. The quantitative estimate of drug-likeness (QED) is 0.860. The maximum atomic E-state index is 12.1. The molecule has 1 aromatic heterocycles. The van der Waals surface area contributed by atoms with Crippen LogP contribution in [0.4, 0.5) is 0 Å². The van der Waals surface area contributed by atoms with E-state index in [0.29, 0.717) is 5.82 Å². The molecule has 2 N–H and O–H groups in total. The number of hydrogen-bond acceptors (Lipinski definition) is 4. The van der Waals surface area contributed by atoms with Crippen molar-refractivity contribution in [3.05, 3.63) is 41.5 Å². The van der Waals surface area contributed by atoms with Gasteiger partial charge in [0, 0.05) is 0 Å². The number of aromatic amines is 1. The standard InChI is InChI=1S/C11H14N4O2S/c1-8-3-9(2)5-10(4-8)18(16,17)14-6-11-12-7-13-15-11/h3-5,7,14H,6H2,1-2H3,(H,12,13,15). The minimum atomic E-state index is -3.52. The Bertz CT molecular complexity index is 615. The number of H-pyrrole nitrogens is 1. The third kappa shape index (κ3) is 2.93. The molecule has 0 aliphatic carbocycles. The van der Waals surface area contributed by atoms with Crippen LogP contribution in [-0.2, 0) is 16.6 Å². The van der Waals surface area contributed by atoms with Crippen molar-refractivity contribution in [3.8, 4) is 0 Å². The summed E-state index contributed by atoms with van der Waals surface area (Å²) in [5, 5.41) is 6.25. The molecule has 2 aromatic rings. The van der Waals surface area contributed by atoms with Crippen molar-refractivity contribution in [1.82, 2.24) is 19.9 Å². The van der Waals surface area contributed by atoms with Gasteiger partial charge in [-0.2, -0.15) is 5.10 Å². The molecule has 0 saturated carbocycles. The van der Waals surface area contributed by atoms with Crippen LogP contribution >= 0.6 is 0 Å². The number of hydrogen-bond donors (Lipinski definition) is 2. The molecule has 18 heavy (non-hydrogen) atoms. The van der Waals surface area contributed by atoms with Crippen molar-refractivity contribution < 1.29 is 8.42 Å². The highest BCUT2D eigenvalue weighted by molar-refractivity contribution is 7.89. The maximum absolute atomic E-state index is 12.1. The number of sulfonamides is 1. The summed E-state index contributed by atoms with van der Waals surface area (Å²) in [6, 6.07) is 5.20. The minimum Gasteiger partial charge on any atom is -0.262 e. The molecule has 0 atom stereocenters. The smallest absolute Gasteiger partial charge is 0.240 e. The molecule has 0 fully saturated rings. The van der Waals surface area contributed by atoms with Crippen LogP contribution in [0.15, 0.2) is 29.4 Å². The van der Waals surface area contributed by atoms with Crippen molar-refractivity contribution in [3.63, 3.8) is 0 Å². The fourth-order valence-corrected chi connectivity index (χ4v) is 2.83. The van der Waals surface area contributed by atoms with Gasteiger partial charge in [-0.05, 0) is 37.1 Å². The molecule has 0 aliphatic rings. The van der Waals surface area contributed by atoms with Crippen LogP contribution in [0.5, 0.6) is 0 Å². The second kappa shape index (κ2) is 4.87. The largest absolute Gasteiger partial charge is 0.262 e. The lowest BCUT2D eigenvalue weighted by molar-refractivity contribution is 0.579. The fourth-order valence-electron chi connectivity index (χ4n) is 1.65. The summed E-state index contributed by atoms with van der Waals surface area (Å²) in [4.78, 5) is 4.12. The molecule has 0 unspecified atom stereocenters. The molecule has 0 spiro atoms. The van der Waals surface area contributed by atoms with Gasteiger partial charge in [-0.1, -0.05) is 6.07 Å². The first kappa shape index (κ1) is 12.7. The van der Waals surface area contributed by atoms with Crippen molar-refractivity contribution in [2.45, 2.75) is 25.3 Å². The van der Waals surface area contributed by atoms with E-state index in [9.17, 15) is 8.42 Å². The molecule has 0 aliphatic heterocycles. The molecular weight excluding hydrogens is 252 g/mol. The van der Waals surface area contributed by atoms with Crippen molar-refractivity contribution >= 4 is 10.0 Å². The van der Waals surface area contributed by atoms with Crippen LogP contribution in [-0.4, -0.2) is 23.6 Å². The summed E-state index contributed by atoms with van der Waals surface area (Å²) in [5.41, 5.74) is 1.82. The van der Waals surface area contributed by atoms with Crippen LogP contribution in [0, 0.1) is 13.8 Å². The number of nitrogens with one attached hydrogen (secondary N) is 2. The van der Waals surface area contributed by atoms with E-state index in [1.54, 1.807) is 12.1 Å². The van der Waals surface area contributed by atoms with Crippen LogP contribution < -0.4 is 4.72 Å². The van der Waals surface area contributed by atoms with Crippen LogP contribution in [0.3, 0.4) is 0 Å². The summed E-state index contributed by atoms with van der Waals surface area (Å²) in [5.74, 6) is 0.475. The summed E-state index contributed by atoms with van der Waals surface area (Å²) < 4.78 is 26.6. The molecule has 0 radical (unpaired) electrons. The SMILES string of the molecule is Cc1cc(C)cc(S(=O)(=O)NCc2ncn[nH]2)c1.